The molecule has 0 saturated heterocycles. The molecule has 3 heterocycles. The van der Waals surface area contributed by atoms with Crippen LogP contribution >= 0.6 is 0 Å². The molecule has 3 aromatic heterocycles. The molecule has 0 unspecified atom stereocenters. The average Bonchev–Trinajstić information content (AvgIpc) is 4.02. The molecule has 0 saturated carbocycles. The Kier molecular flexibility index (Phi) is 20.8. The highest BCUT2D eigenvalue weighted by atomic mass is 19.4. The van der Waals surface area contributed by atoms with Crippen molar-refractivity contribution in [2.75, 3.05) is 0 Å². The van der Waals surface area contributed by atoms with Gasteiger partial charge >= 0.3 is 23.2 Å². The molecule has 77 heavy (non-hydrogen) atoms. The minimum Gasteiger partial charge on any atom is -0.489 e. The van der Waals surface area contributed by atoms with Gasteiger partial charge < -0.3 is 14.2 Å². The molecule has 0 atom stereocenters. The predicted octanol–water partition coefficient (Wildman–Crippen LogP) is 9.73. The van der Waals surface area contributed by atoms with Crippen molar-refractivity contribution in [2.24, 2.45) is 21.1 Å². The van der Waals surface area contributed by atoms with Crippen LogP contribution in [0, 0.1) is 27.7 Å². The summed E-state index contributed by atoms with van der Waals surface area (Å²) in [6.45, 7) is 7.62. The van der Waals surface area contributed by atoms with Crippen LogP contribution in [0.25, 0.3) is 17.1 Å². The summed E-state index contributed by atoms with van der Waals surface area (Å²) < 4.78 is 90.6. The third kappa shape index (κ3) is 14.6. The van der Waals surface area contributed by atoms with Crippen molar-refractivity contribution in [3.8, 4) is 34.3 Å². The van der Waals surface area contributed by atoms with Crippen LogP contribution in [0.4, 0.5) is 22.0 Å². The van der Waals surface area contributed by atoms with E-state index in [0.717, 1.165) is 58.4 Å². The fourth-order valence-corrected chi connectivity index (χ4v) is 7.39. The molecule has 0 amide bonds. The van der Waals surface area contributed by atoms with E-state index in [4.69, 9.17) is 14.2 Å². The first-order chi connectivity index (χ1) is 35.3. The van der Waals surface area contributed by atoms with E-state index in [2.05, 4.69) is 31.3 Å². The van der Waals surface area contributed by atoms with Gasteiger partial charge in [-0.2, -0.15) is 41.3 Å². The van der Waals surface area contributed by atoms with Gasteiger partial charge in [0.2, 0.25) is 0 Å². The first-order valence-electron chi connectivity index (χ1n) is 22.5. The van der Waals surface area contributed by atoms with Gasteiger partial charge in [0.25, 0.3) is 6.43 Å². The molecule has 0 bridgehead atoms. The molecular weight excluding hydrogens is 1010 g/mol. The summed E-state index contributed by atoms with van der Waals surface area (Å²) in [5, 5.41) is 22.2. The average molecular weight is 1070 g/mol. The number of hydrogen-bond donors (Lipinski definition) is 0. The SMILES string of the molecule is C.C.C.Cc1cccc(OCc2c(-n3nnn(C)c3=O)cccc2C(F)(F)F)c1.Cc1cccc(OCc2c(C(F)F)cccc2-n2nnn(C)c2=O)c1.Cc1cccc(OCc2c(C)cccc2-n2nnn(C)c2=O)c1. The molecule has 6 aromatic carbocycles. The van der Waals surface area contributed by atoms with E-state index >= 15 is 0 Å². The van der Waals surface area contributed by atoms with Gasteiger partial charge in [-0.1, -0.05) is 89.0 Å². The molecule has 0 aliphatic heterocycles. The molecule has 18 nitrogen and oxygen atoms in total. The van der Waals surface area contributed by atoms with E-state index in [1.54, 1.807) is 37.4 Å². The highest BCUT2D eigenvalue weighted by molar-refractivity contribution is 5.48. The van der Waals surface area contributed by atoms with Crippen molar-refractivity contribution in [3.63, 3.8) is 0 Å². The molecular formula is C54H61F5N12O6. The van der Waals surface area contributed by atoms with Gasteiger partial charge in [0.1, 0.15) is 37.1 Å². The van der Waals surface area contributed by atoms with Crippen LogP contribution in [-0.4, -0.2) is 59.4 Å². The van der Waals surface area contributed by atoms with Crippen LogP contribution in [0.3, 0.4) is 0 Å². The lowest BCUT2D eigenvalue weighted by molar-refractivity contribution is -0.138. The van der Waals surface area contributed by atoms with Gasteiger partial charge in [0.05, 0.1) is 22.6 Å². The number of nitrogens with zero attached hydrogens (tertiary/aromatic N) is 12. The zero-order valence-electron chi connectivity index (χ0n) is 41.0. The fourth-order valence-electron chi connectivity index (χ4n) is 7.39. The van der Waals surface area contributed by atoms with Gasteiger partial charge in [-0.3, -0.25) is 0 Å². The molecule has 0 aliphatic carbocycles. The number of alkyl halides is 5. The largest absolute Gasteiger partial charge is 0.489 e. The number of aryl methyl sites for hydroxylation is 7. The van der Waals surface area contributed by atoms with E-state index in [1.807, 2.05) is 88.4 Å². The second-order valence-electron chi connectivity index (χ2n) is 16.7. The molecule has 0 fully saturated rings. The van der Waals surface area contributed by atoms with Crippen molar-refractivity contribution < 1.29 is 36.2 Å². The number of tetrazole rings is 3. The standard InChI is InChI=1S/C17H15F3N4O2.C17H16F2N4O2.C17H18N4O2.3CH4/c1-11-5-3-6-12(9-11)26-10-13-14(17(18,19)20)7-4-8-15(13)24-16(25)23(2)21-22-24;1-11-5-3-6-12(9-11)25-10-14-13(16(18)19)7-4-8-15(14)23-17(24)22(2)20-21-23;1-12-6-4-8-14(10-12)23-11-15-13(2)7-5-9-16(15)21-17(22)20(3)18-19-21;;;/h3-9H,10H2,1-2H3;3-9,16H,10H2,1-2H3;4-10H,11H2,1-3H3;3*1H4. The summed E-state index contributed by atoms with van der Waals surface area (Å²) in [5.41, 5.74) is 3.33. The number of hydrogen-bond acceptors (Lipinski definition) is 12. The van der Waals surface area contributed by atoms with Gasteiger partial charge in [-0.05, 0) is 142 Å². The first-order valence-corrected chi connectivity index (χ1v) is 22.5. The molecule has 0 N–H and O–H groups in total. The van der Waals surface area contributed by atoms with E-state index < -0.39 is 29.5 Å². The van der Waals surface area contributed by atoms with Crippen LogP contribution in [0.15, 0.2) is 142 Å². The quantitative estimate of drug-likeness (QED) is 0.0997. The normalized spacial score (nSPS) is 10.7. The van der Waals surface area contributed by atoms with E-state index in [1.165, 1.54) is 53.8 Å². The van der Waals surface area contributed by atoms with Gasteiger partial charge in [0.15, 0.2) is 0 Å². The summed E-state index contributed by atoms with van der Waals surface area (Å²) in [7, 11) is 4.37. The Hall–Kier alpha value is -9.02. The Morgan fingerprint density at radius 2 is 0.792 bits per heavy atom. The molecule has 23 heteroatoms. The zero-order valence-corrected chi connectivity index (χ0v) is 41.0. The molecule has 9 aromatic rings. The van der Waals surface area contributed by atoms with Crippen molar-refractivity contribution in [2.45, 2.75) is 82.4 Å². The summed E-state index contributed by atoms with van der Waals surface area (Å²) in [5.74, 6) is 1.78. The molecule has 0 aliphatic rings. The number of aromatic nitrogens is 12. The van der Waals surface area contributed by atoms with E-state index in [-0.39, 0.29) is 69.2 Å². The van der Waals surface area contributed by atoms with Crippen LogP contribution < -0.4 is 31.3 Å². The maximum Gasteiger partial charge on any atom is 0.416 e. The highest BCUT2D eigenvalue weighted by Crippen LogP contribution is 2.35. The lowest BCUT2D eigenvalue weighted by atomic mass is 10.1. The third-order valence-electron chi connectivity index (χ3n) is 11.2. The van der Waals surface area contributed by atoms with Crippen LogP contribution in [-0.2, 0) is 47.1 Å². The predicted molar refractivity (Wildman–Crippen MR) is 281 cm³/mol. The lowest BCUT2D eigenvalue weighted by Crippen LogP contribution is -2.24. The van der Waals surface area contributed by atoms with E-state index in [0.29, 0.717) is 23.8 Å². The summed E-state index contributed by atoms with van der Waals surface area (Å²) in [4.78, 5) is 36.3. The van der Waals surface area contributed by atoms with Crippen LogP contribution in [0.5, 0.6) is 17.2 Å². The Balaban J connectivity index is 0.000000245. The third-order valence-corrected chi connectivity index (χ3v) is 11.2. The minimum absolute atomic E-state index is 0. The monoisotopic (exact) mass is 1070 g/mol. The highest BCUT2D eigenvalue weighted by Gasteiger charge is 2.35. The van der Waals surface area contributed by atoms with Crippen molar-refractivity contribution in [1.29, 1.82) is 0 Å². The Morgan fingerprint density at radius 3 is 1.16 bits per heavy atom. The first kappa shape index (κ1) is 60.5. The molecule has 408 valence electrons. The molecule has 9 rings (SSSR count). The van der Waals surface area contributed by atoms with E-state index in [9.17, 15) is 36.3 Å². The lowest BCUT2D eigenvalue weighted by Gasteiger charge is -2.17. The fraction of sp³-hybridized carbons (Fsp3) is 0.278. The Labute approximate surface area is 441 Å². The second-order valence-corrected chi connectivity index (χ2v) is 16.7. The number of ether oxygens (including phenoxy) is 3. The summed E-state index contributed by atoms with van der Waals surface area (Å²) in [6.07, 6.45) is -7.31. The number of benzene rings is 6. The molecule has 0 spiro atoms. The zero-order chi connectivity index (χ0) is 53.3. The van der Waals surface area contributed by atoms with Crippen molar-refractivity contribution in [3.05, 3.63) is 209 Å². The van der Waals surface area contributed by atoms with Crippen molar-refractivity contribution in [1.82, 2.24) is 59.4 Å². The topological polar surface area (TPSA) is 186 Å². The summed E-state index contributed by atoms with van der Waals surface area (Å²) in [6, 6.07) is 35.7. The maximum absolute atomic E-state index is 13.5. The second kappa shape index (κ2) is 26.5. The minimum atomic E-state index is -4.60. The van der Waals surface area contributed by atoms with Crippen LogP contribution in [0.2, 0.25) is 0 Å². The smallest absolute Gasteiger partial charge is 0.416 e. The van der Waals surface area contributed by atoms with Gasteiger partial charge in [0, 0.05) is 43.4 Å². The Morgan fingerprint density at radius 1 is 0.455 bits per heavy atom. The van der Waals surface area contributed by atoms with Crippen molar-refractivity contribution >= 4 is 0 Å². The number of halogens is 5. The van der Waals surface area contributed by atoms with Crippen LogP contribution in [0.1, 0.15) is 78.8 Å². The van der Waals surface area contributed by atoms with Gasteiger partial charge in [-0.25, -0.2) is 23.2 Å². The summed E-state index contributed by atoms with van der Waals surface area (Å²) >= 11 is 0. The molecule has 0 radical (unpaired) electrons. The number of rotatable bonds is 13. The Bertz CT molecular complexity index is 3580. The van der Waals surface area contributed by atoms with Gasteiger partial charge in [-0.15, -0.1) is 0 Å². The maximum atomic E-state index is 13.5.